The number of pyridine rings is 1. The highest BCUT2D eigenvalue weighted by molar-refractivity contribution is 6.18. The van der Waals surface area contributed by atoms with Crippen LogP contribution in [0.4, 0.5) is 0 Å². The van der Waals surface area contributed by atoms with E-state index < -0.39 is 0 Å². The molecule has 1 fully saturated rings. The molecule has 4 heteroatoms. The highest BCUT2D eigenvalue weighted by Gasteiger charge is 2.31. The van der Waals surface area contributed by atoms with E-state index in [1.54, 1.807) is 0 Å². The number of hydrogen-bond donors (Lipinski definition) is 1. The number of rotatable bonds is 4. The van der Waals surface area contributed by atoms with Crippen molar-refractivity contribution in [1.29, 1.82) is 0 Å². The normalized spacial score (nSPS) is 19.2. The maximum atomic E-state index is 6.10. The largest absolute Gasteiger partial charge is 0.381 e. The van der Waals surface area contributed by atoms with Gasteiger partial charge < -0.3 is 10.1 Å². The van der Waals surface area contributed by atoms with Crippen LogP contribution in [0.25, 0.3) is 0 Å². The molecule has 0 amide bonds. The molecule has 2 heterocycles. The fourth-order valence-corrected chi connectivity index (χ4v) is 2.46. The van der Waals surface area contributed by atoms with Gasteiger partial charge in [-0.3, -0.25) is 4.98 Å². The van der Waals surface area contributed by atoms with Gasteiger partial charge in [0, 0.05) is 37.4 Å². The fraction of sp³-hybridized carbons (Fsp3) is 0.615. The molecule has 0 unspecified atom stereocenters. The van der Waals surface area contributed by atoms with Crippen LogP contribution in [-0.2, 0) is 11.3 Å². The lowest BCUT2D eigenvalue weighted by Crippen LogP contribution is -2.50. The molecule has 1 aliphatic heterocycles. The zero-order chi connectivity index (χ0) is 12.1. The number of aryl methyl sites for hydroxylation is 1. The predicted molar refractivity (Wildman–Crippen MR) is 69.3 cm³/mol. The van der Waals surface area contributed by atoms with Gasteiger partial charge in [-0.1, -0.05) is 6.07 Å². The molecule has 0 saturated carbocycles. The molecular weight excluding hydrogens is 236 g/mol. The second-order valence-electron chi connectivity index (χ2n) is 4.65. The van der Waals surface area contributed by atoms with Crippen molar-refractivity contribution in [2.24, 2.45) is 0 Å². The maximum Gasteiger partial charge on any atom is 0.0570 e. The van der Waals surface area contributed by atoms with Gasteiger partial charge in [-0.2, -0.15) is 0 Å². The summed E-state index contributed by atoms with van der Waals surface area (Å²) in [5.74, 6) is 0.627. The van der Waals surface area contributed by atoms with E-state index in [4.69, 9.17) is 16.3 Å². The molecular formula is C13H19ClN2O. The van der Waals surface area contributed by atoms with Crippen molar-refractivity contribution in [3.8, 4) is 0 Å². The molecule has 1 N–H and O–H groups in total. The van der Waals surface area contributed by atoms with Crippen LogP contribution in [-0.4, -0.2) is 29.6 Å². The molecule has 1 aromatic heterocycles. The first kappa shape index (κ1) is 12.8. The zero-order valence-corrected chi connectivity index (χ0v) is 11.0. The number of aromatic nitrogens is 1. The maximum absolute atomic E-state index is 6.10. The Kier molecular flexibility index (Phi) is 4.37. The second-order valence-corrected chi connectivity index (χ2v) is 4.91. The van der Waals surface area contributed by atoms with Gasteiger partial charge in [-0.05, 0) is 31.4 Å². The molecule has 1 saturated heterocycles. The summed E-state index contributed by atoms with van der Waals surface area (Å²) in [7, 11) is 0. The van der Waals surface area contributed by atoms with Crippen LogP contribution in [0.3, 0.4) is 0 Å². The SMILES string of the molecule is Cc1cccnc1CNC1(CCl)CCOCC1. The Morgan fingerprint density at radius 1 is 1.47 bits per heavy atom. The van der Waals surface area contributed by atoms with Gasteiger partial charge in [0.25, 0.3) is 0 Å². The summed E-state index contributed by atoms with van der Waals surface area (Å²) in [6.45, 7) is 4.45. The van der Waals surface area contributed by atoms with Crippen LogP contribution >= 0.6 is 11.6 Å². The van der Waals surface area contributed by atoms with Crippen LogP contribution in [0.2, 0.25) is 0 Å². The van der Waals surface area contributed by atoms with E-state index in [0.717, 1.165) is 38.3 Å². The number of nitrogens with one attached hydrogen (secondary N) is 1. The third-order valence-electron chi connectivity index (χ3n) is 3.45. The van der Waals surface area contributed by atoms with Gasteiger partial charge in [-0.15, -0.1) is 11.6 Å². The first-order valence-electron chi connectivity index (χ1n) is 6.05. The summed E-state index contributed by atoms with van der Waals surface area (Å²) in [6.07, 6.45) is 3.78. The highest BCUT2D eigenvalue weighted by Crippen LogP contribution is 2.22. The highest BCUT2D eigenvalue weighted by atomic mass is 35.5. The Labute approximate surface area is 108 Å². The molecule has 17 heavy (non-hydrogen) atoms. The Hall–Kier alpha value is -0.640. The molecule has 94 valence electrons. The average Bonchev–Trinajstić information content (AvgIpc) is 2.39. The van der Waals surface area contributed by atoms with Gasteiger partial charge in [-0.25, -0.2) is 0 Å². The molecule has 3 nitrogen and oxygen atoms in total. The lowest BCUT2D eigenvalue weighted by molar-refractivity contribution is 0.0457. The number of halogens is 1. The Bertz CT molecular complexity index is 364. The van der Waals surface area contributed by atoms with Gasteiger partial charge in [0.05, 0.1) is 5.69 Å². The van der Waals surface area contributed by atoms with E-state index in [-0.39, 0.29) is 5.54 Å². The quantitative estimate of drug-likeness (QED) is 0.837. The number of alkyl halides is 1. The standard InChI is InChI=1S/C13H19ClN2O/c1-11-3-2-6-15-12(11)9-16-13(10-14)4-7-17-8-5-13/h2-3,6,16H,4-5,7-10H2,1H3. The third kappa shape index (κ3) is 3.18. The van der Waals surface area contributed by atoms with E-state index in [1.165, 1.54) is 5.56 Å². The second kappa shape index (κ2) is 5.80. The molecule has 0 aliphatic carbocycles. The van der Waals surface area contributed by atoms with Crippen LogP contribution in [0, 0.1) is 6.92 Å². The molecule has 0 radical (unpaired) electrons. The van der Waals surface area contributed by atoms with E-state index in [1.807, 2.05) is 12.3 Å². The van der Waals surface area contributed by atoms with E-state index in [9.17, 15) is 0 Å². The lowest BCUT2D eigenvalue weighted by Gasteiger charge is -2.36. The van der Waals surface area contributed by atoms with Crippen molar-refractivity contribution in [3.63, 3.8) is 0 Å². The molecule has 0 spiro atoms. The molecule has 0 atom stereocenters. The van der Waals surface area contributed by atoms with Crippen molar-refractivity contribution in [1.82, 2.24) is 10.3 Å². The van der Waals surface area contributed by atoms with E-state index >= 15 is 0 Å². The molecule has 0 aromatic carbocycles. The fourth-order valence-electron chi connectivity index (χ4n) is 2.09. The summed E-state index contributed by atoms with van der Waals surface area (Å²) in [5, 5.41) is 3.57. The summed E-state index contributed by atoms with van der Waals surface area (Å²) in [5.41, 5.74) is 2.34. The summed E-state index contributed by atoms with van der Waals surface area (Å²) in [4.78, 5) is 4.39. The summed E-state index contributed by atoms with van der Waals surface area (Å²) >= 11 is 6.10. The first-order valence-corrected chi connectivity index (χ1v) is 6.58. The predicted octanol–water partition coefficient (Wildman–Crippen LogP) is 2.27. The minimum atomic E-state index is 0.0176. The first-order chi connectivity index (χ1) is 8.26. The zero-order valence-electron chi connectivity index (χ0n) is 10.2. The molecule has 2 rings (SSSR count). The van der Waals surface area contributed by atoms with Crippen LogP contribution in [0.5, 0.6) is 0 Å². The summed E-state index contributed by atoms with van der Waals surface area (Å²) < 4.78 is 5.39. The molecule has 1 aromatic rings. The minimum Gasteiger partial charge on any atom is -0.381 e. The smallest absolute Gasteiger partial charge is 0.0570 e. The van der Waals surface area contributed by atoms with Gasteiger partial charge in [0.2, 0.25) is 0 Å². The Morgan fingerprint density at radius 2 is 2.24 bits per heavy atom. The van der Waals surface area contributed by atoms with E-state index in [0.29, 0.717) is 5.88 Å². The van der Waals surface area contributed by atoms with E-state index in [2.05, 4.69) is 23.3 Å². The number of nitrogens with zero attached hydrogens (tertiary/aromatic N) is 1. The van der Waals surface area contributed by atoms with Crippen LogP contribution < -0.4 is 5.32 Å². The summed E-state index contributed by atoms with van der Waals surface area (Å²) in [6, 6.07) is 4.05. The lowest BCUT2D eigenvalue weighted by atomic mass is 9.92. The minimum absolute atomic E-state index is 0.0176. The Balaban J connectivity index is 1.98. The van der Waals surface area contributed by atoms with Crippen molar-refractivity contribution >= 4 is 11.6 Å². The topological polar surface area (TPSA) is 34.2 Å². The monoisotopic (exact) mass is 254 g/mol. The molecule has 0 bridgehead atoms. The van der Waals surface area contributed by atoms with Gasteiger partial charge in [0.1, 0.15) is 0 Å². The van der Waals surface area contributed by atoms with Crippen LogP contribution in [0.15, 0.2) is 18.3 Å². The third-order valence-corrected chi connectivity index (χ3v) is 3.97. The number of hydrogen-bond acceptors (Lipinski definition) is 3. The molecule has 1 aliphatic rings. The van der Waals surface area contributed by atoms with Crippen molar-refractivity contribution in [3.05, 3.63) is 29.6 Å². The van der Waals surface area contributed by atoms with Crippen molar-refractivity contribution < 1.29 is 4.74 Å². The van der Waals surface area contributed by atoms with Crippen LogP contribution in [0.1, 0.15) is 24.1 Å². The van der Waals surface area contributed by atoms with Gasteiger partial charge >= 0.3 is 0 Å². The van der Waals surface area contributed by atoms with Gasteiger partial charge in [0.15, 0.2) is 0 Å². The van der Waals surface area contributed by atoms with Crippen molar-refractivity contribution in [2.45, 2.75) is 31.8 Å². The number of ether oxygens (including phenoxy) is 1. The Morgan fingerprint density at radius 3 is 2.88 bits per heavy atom. The van der Waals surface area contributed by atoms with Crippen molar-refractivity contribution in [2.75, 3.05) is 19.1 Å². The average molecular weight is 255 g/mol.